The number of hydrogen-bond donors (Lipinski definition) is 2. The molecule has 3 aromatic rings. The van der Waals surface area contributed by atoms with Crippen LogP contribution in [0.3, 0.4) is 0 Å². The van der Waals surface area contributed by atoms with Crippen LogP contribution in [0.4, 0.5) is 5.82 Å². The van der Waals surface area contributed by atoms with Crippen molar-refractivity contribution in [1.82, 2.24) is 19.9 Å². The van der Waals surface area contributed by atoms with E-state index in [9.17, 15) is 0 Å². The number of rotatable bonds is 6. The maximum Gasteiger partial charge on any atom is 0.163 e. The minimum Gasteiger partial charge on any atom is -0.369 e. The molecule has 0 amide bonds. The standard InChI is InChI=1S/C18H23N5/c1-13-12-15-17(19-10-7-11-23(2)3)21-16(22-18(15)20-13)14-8-5-4-6-9-14/h4-6,8-9,12H,7,10-11H2,1-3H3,(H2,19,20,21,22). The van der Waals surface area contributed by atoms with Crippen LogP contribution in [0.2, 0.25) is 0 Å². The Hall–Kier alpha value is -2.40. The fourth-order valence-corrected chi connectivity index (χ4v) is 2.59. The minimum atomic E-state index is 0.745. The molecule has 0 unspecified atom stereocenters. The molecule has 2 aromatic heterocycles. The first kappa shape index (κ1) is 15.5. The molecule has 2 N–H and O–H groups in total. The Labute approximate surface area is 136 Å². The molecule has 2 heterocycles. The van der Waals surface area contributed by atoms with Gasteiger partial charge in [0, 0.05) is 17.8 Å². The van der Waals surface area contributed by atoms with Gasteiger partial charge in [-0.2, -0.15) is 0 Å². The lowest BCUT2D eigenvalue weighted by Gasteiger charge is -2.11. The van der Waals surface area contributed by atoms with E-state index in [1.54, 1.807) is 0 Å². The van der Waals surface area contributed by atoms with Gasteiger partial charge in [0.15, 0.2) is 5.82 Å². The maximum atomic E-state index is 4.75. The van der Waals surface area contributed by atoms with E-state index in [2.05, 4.69) is 40.3 Å². The van der Waals surface area contributed by atoms with Crippen LogP contribution >= 0.6 is 0 Å². The van der Waals surface area contributed by atoms with Gasteiger partial charge in [-0.3, -0.25) is 0 Å². The van der Waals surface area contributed by atoms with Crippen molar-refractivity contribution in [3.63, 3.8) is 0 Å². The largest absolute Gasteiger partial charge is 0.369 e. The second-order valence-electron chi connectivity index (χ2n) is 6.06. The monoisotopic (exact) mass is 309 g/mol. The third-order valence-corrected chi connectivity index (χ3v) is 3.73. The van der Waals surface area contributed by atoms with Crippen LogP contribution in [0.25, 0.3) is 22.4 Å². The molecular formula is C18H23N5. The van der Waals surface area contributed by atoms with Crippen molar-refractivity contribution in [3.05, 3.63) is 42.1 Å². The van der Waals surface area contributed by atoms with E-state index in [0.717, 1.165) is 53.4 Å². The van der Waals surface area contributed by atoms with E-state index in [0.29, 0.717) is 0 Å². The van der Waals surface area contributed by atoms with Crippen molar-refractivity contribution in [1.29, 1.82) is 0 Å². The van der Waals surface area contributed by atoms with Crippen molar-refractivity contribution in [2.24, 2.45) is 0 Å². The van der Waals surface area contributed by atoms with Gasteiger partial charge >= 0.3 is 0 Å². The van der Waals surface area contributed by atoms with Gasteiger partial charge in [0.2, 0.25) is 0 Å². The van der Waals surface area contributed by atoms with Crippen LogP contribution in [-0.2, 0) is 0 Å². The molecule has 120 valence electrons. The van der Waals surface area contributed by atoms with Gasteiger partial charge in [-0.15, -0.1) is 0 Å². The molecule has 5 nitrogen and oxygen atoms in total. The van der Waals surface area contributed by atoms with Crippen molar-refractivity contribution < 1.29 is 0 Å². The highest BCUT2D eigenvalue weighted by atomic mass is 15.1. The average Bonchev–Trinajstić information content (AvgIpc) is 2.92. The van der Waals surface area contributed by atoms with E-state index >= 15 is 0 Å². The highest BCUT2D eigenvalue weighted by Gasteiger charge is 2.11. The third-order valence-electron chi connectivity index (χ3n) is 3.73. The summed E-state index contributed by atoms with van der Waals surface area (Å²) in [7, 11) is 4.18. The van der Waals surface area contributed by atoms with Crippen molar-refractivity contribution in [2.45, 2.75) is 13.3 Å². The van der Waals surface area contributed by atoms with E-state index in [4.69, 9.17) is 4.98 Å². The Morgan fingerprint density at radius 3 is 2.65 bits per heavy atom. The first-order chi connectivity index (χ1) is 11.1. The number of fused-ring (bicyclic) bond motifs is 1. The number of nitrogens with zero attached hydrogens (tertiary/aromatic N) is 3. The molecule has 0 aliphatic carbocycles. The fraction of sp³-hybridized carbons (Fsp3) is 0.333. The highest BCUT2D eigenvalue weighted by Crippen LogP contribution is 2.25. The van der Waals surface area contributed by atoms with E-state index in [1.165, 1.54) is 0 Å². The molecule has 0 saturated carbocycles. The van der Waals surface area contributed by atoms with Crippen molar-refractivity contribution in [2.75, 3.05) is 32.5 Å². The van der Waals surface area contributed by atoms with Gasteiger partial charge in [-0.25, -0.2) is 9.97 Å². The Morgan fingerprint density at radius 1 is 1.13 bits per heavy atom. The molecule has 1 aromatic carbocycles. The second kappa shape index (κ2) is 6.79. The molecule has 3 rings (SSSR count). The van der Waals surface area contributed by atoms with Gasteiger partial charge in [-0.1, -0.05) is 30.3 Å². The number of aromatic amines is 1. The van der Waals surface area contributed by atoms with Gasteiger partial charge in [-0.05, 0) is 40.1 Å². The summed E-state index contributed by atoms with van der Waals surface area (Å²) >= 11 is 0. The average molecular weight is 309 g/mol. The Balaban J connectivity index is 1.91. The lowest BCUT2D eigenvalue weighted by atomic mass is 10.2. The van der Waals surface area contributed by atoms with E-state index < -0.39 is 0 Å². The van der Waals surface area contributed by atoms with Gasteiger partial charge in [0.05, 0.1) is 5.39 Å². The number of anilines is 1. The molecule has 0 spiro atoms. The Bertz CT molecular complexity index is 777. The third kappa shape index (κ3) is 3.68. The van der Waals surface area contributed by atoms with Gasteiger partial charge in [0.1, 0.15) is 11.5 Å². The molecule has 5 heteroatoms. The number of hydrogen-bond acceptors (Lipinski definition) is 4. The zero-order chi connectivity index (χ0) is 16.2. The predicted molar refractivity (Wildman–Crippen MR) is 95.7 cm³/mol. The summed E-state index contributed by atoms with van der Waals surface area (Å²) < 4.78 is 0. The Kier molecular flexibility index (Phi) is 4.57. The molecule has 0 saturated heterocycles. The predicted octanol–water partition coefficient (Wildman–Crippen LogP) is 3.30. The maximum absolute atomic E-state index is 4.75. The topological polar surface area (TPSA) is 56.8 Å². The van der Waals surface area contributed by atoms with E-state index in [1.807, 2.05) is 37.3 Å². The zero-order valence-electron chi connectivity index (χ0n) is 13.9. The highest BCUT2D eigenvalue weighted by molar-refractivity contribution is 5.89. The number of nitrogens with one attached hydrogen (secondary N) is 2. The van der Waals surface area contributed by atoms with Crippen LogP contribution in [0.15, 0.2) is 36.4 Å². The molecule has 0 bridgehead atoms. The summed E-state index contributed by atoms with van der Waals surface area (Å²) in [6.45, 7) is 3.99. The molecule has 23 heavy (non-hydrogen) atoms. The molecule has 0 atom stereocenters. The number of H-pyrrole nitrogens is 1. The van der Waals surface area contributed by atoms with E-state index in [-0.39, 0.29) is 0 Å². The summed E-state index contributed by atoms with van der Waals surface area (Å²) in [5.41, 5.74) is 3.00. The zero-order valence-corrected chi connectivity index (χ0v) is 13.9. The van der Waals surface area contributed by atoms with Crippen LogP contribution in [0, 0.1) is 6.92 Å². The van der Waals surface area contributed by atoms with Crippen LogP contribution < -0.4 is 5.32 Å². The summed E-state index contributed by atoms with van der Waals surface area (Å²) in [5.74, 6) is 1.65. The summed E-state index contributed by atoms with van der Waals surface area (Å²) in [6, 6.07) is 12.2. The van der Waals surface area contributed by atoms with Crippen LogP contribution in [-0.4, -0.2) is 47.0 Å². The van der Waals surface area contributed by atoms with Crippen LogP contribution in [0.1, 0.15) is 12.1 Å². The number of aryl methyl sites for hydroxylation is 1. The van der Waals surface area contributed by atoms with Crippen LogP contribution in [0.5, 0.6) is 0 Å². The van der Waals surface area contributed by atoms with Crippen molar-refractivity contribution in [3.8, 4) is 11.4 Å². The van der Waals surface area contributed by atoms with Gasteiger partial charge in [0.25, 0.3) is 0 Å². The van der Waals surface area contributed by atoms with Gasteiger partial charge < -0.3 is 15.2 Å². The molecular weight excluding hydrogens is 286 g/mol. The first-order valence-corrected chi connectivity index (χ1v) is 7.95. The normalized spacial score (nSPS) is 11.3. The SMILES string of the molecule is Cc1cc2c(NCCCN(C)C)nc(-c3ccccc3)nc2[nH]1. The minimum absolute atomic E-state index is 0.745. The summed E-state index contributed by atoms with van der Waals surface area (Å²) in [4.78, 5) is 14.9. The first-order valence-electron chi connectivity index (χ1n) is 7.95. The lowest BCUT2D eigenvalue weighted by molar-refractivity contribution is 0.405. The Morgan fingerprint density at radius 2 is 1.91 bits per heavy atom. The summed E-state index contributed by atoms with van der Waals surface area (Å²) in [6.07, 6.45) is 1.07. The molecule has 0 aliphatic rings. The fourth-order valence-electron chi connectivity index (χ4n) is 2.59. The van der Waals surface area contributed by atoms with Crippen molar-refractivity contribution >= 4 is 16.9 Å². The quantitative estimate of drug-likeness (QED) is 0.686. The number of aromatic nitrogens is 3. The molecule has 0 radical (unpaired) electrons. The number of benzene rings is 1. The smallest absolute Gasteiger partial charge is 0.163 e. The summed E-state index contributed by atoms with van der Waals surface area (Å²) in [5, 5.41) is 4.52. The molecule has 0 aliphatic heterocycles. The molecule has 0 fully saturated rings. The second-order valence-corrected chi connectivity index (χ2v) is 6.06. The lowest BCUT2D eigenvalue weighted by Crippen LogP contribution is -2.16.